The standard InChI is InChI=1S/C17H19N3O4/c1-4-24-17(23)14-9(2)13(10(3)19-14)16(22)20-12-8-6-5-7-11(12)15(18)21/h5-8,19H,4H2,1-3H3,(H2,18,21)(H,20,22). The summed E-state index contributed by atoms with van der Waals surface area (Å²) in [7, 11) is 0. The second kappa shape index (κ2) is 6.99. The summed E-state index contributed by atoms with van der Waals surface area (Å²) < 4.78 is 4.96. The lowest BCUT2D eigenvalue weighted by Gasteiger charge is -2.09. The van der Waals surface area contributed by atoms with Gasteiger partial charge in [-0.2, -0.15) is 0 Å². The summed E-state index contributed by atoms with van der Waals surface area (Å²) in [6.45, 7) is 5.29. The molecule has 0 aliphatic rings. The third-order valence-corrected chi connectivity index (χ3v) is 3.58. The molecule has 24 heavy (non-hydrogen) atoms. The van der Waals surface area contributed by atoms with Crippen LogP contribution in [0.4, 0.5) is 5.69 Å². The van der Waals surface area contributed by atoms with Crippen molar-refractivity contribution in [3.8, 4) is 0 Å². The predicted molar refractivity (Wildman–Crippen MR) is 89.1 cm³/mol. The molecule has 1 heterocycles. The Balaban J connectivity index is 2.35. The number of hydrogen-bond acceptors (Lipinski definition) is 4. The summed E-state index contributed by atoms with van der Waals surface area (Å²) >= 11 is 0. The van der Waals surface area contributed by atoms with Gasteiger partial charge >= 0.3 is 5.97 Å². The molecule has 0 unspecified atom stereocenters. The van der Waals surface area contributed by atoms with Crippen LogP contribution in [0, 0.1) is 13.8 Å². The van der Waals surface area contributed by atoms with Gasteiger partial charge in [0.05, 0.1) is 23.4 Å². The third kappa shape index (κ3) is 3.29. The van der Waals surface area contributed by atoms with Crippen molar-refractivity contribution in [3.05, 3.63) is 52.3 Å². The lowest BCUT2D eigenvalue weighted by atomic mass is 10.1. The molecule has 2 aromatic rings. The third-order valence-electron chi connectivity index (χ3n) is 3.58. The summed E-state index contributed by atoms with van der Waals surface area (Å²) in [5, 5.41) is 2.66. The smallest absolute Gasteiger partial charge is 0.355 e. The van der Waals surface area contributed by atoms with Crippen LogP contribution in [0.1, 0.15) is 49.4 Å². The van der Waals surface area contributed by atoms with Crippen LogP contribution in [0.2, 0.25) is 0 Å². The summed E-state index contributed by atoms with van der Waals surface area (Å²) in [5.41, 5.74) is 7.42. The number of benzene rings is 1. The fourth-order valence-electron chi connectivity index (χ4n) is 2.49. The Kier molecular flexibility index (Phi) is 5.03. The number of rotatable bonds is 5. The Morgan fingerprint density at radius 1 is 1.21 bits per heavy atom. The van der Waals surface area contributed by atoms with Gasteiger partial charge in [-0.1, -0.05) is 12.1 Å². The largest absolute Gasteiger partial charge is 0.461 e. The maximum Gasteiger partial charge on any atom is 0.355 e. The van der Waals surface area contributed by atoms with Gasteiger partial charge in [0.15, 0.2) is 0 Å². The van der Waals surface area contributed by atoms with Gasteiger partial charge in [-0.15, -0.1) is 0 Å². The van der Waals surface area contributed by atoms with E-state index in [9.17, 15) is 14.4 Å². The number of amides is 2. The molecule has 1 aromatic carbocycles. The quantitative estimate of drug-likeness (QED) is 0.729. The van der Waals surface area contributed by atoms with E-state index in [1.165, 1.54) is 6.07 Å². The molecule has 126 valence electrons. The SMILES string of the molecule is CCOC(=O)c1[nH]c(C)c(C(=O)Nc2ccccc2C(N)=O)c1C. The molecule has 7 nitrogen and oxygen atoms in total. The minimum absolute atomic E-state index is 0.210. The van der Waals surface area contributed by atoms with Gasteiger partial charge < -0.3 is 20.8 Å². The van der Waals surface area contributed by atoms with Gasteiger partial charge in [-0.05, 0) is 38.5 Å². The van der Waals surface area contributed by atoms with Gasteiger partial charge in [0.25, 0.3) is 11.8 Å². The van der Waals surface area contributed by atoms with E-state index in [1.54, 1.807) is 39.0 Å². The number of aromatic amines is 1. The number of para-hydroxylation sites is 1. The molecule has 4 N–H and O–H groups in total. The molecule has 0 saturated heterocycles. The Hall–Kier alpha value is -3.09. The number of nitrogens with two attached hydrogens (primary N) is 1. The number of ether oxygens (including phenoxy) is 1. The van der Waals surface area contributed by atoms with Crippen molar-refractivity contribution >= 4 is 23.5 Å². The second-order valence-electron chi connectivity index (χ2n) is 5.21. The first kappa shape index (κ1) is 17.3. The fraction of sp³-hybridized carbons (Fsp3) is 0.235. The number of hydrogen-bond donors (Lipinski definition) is 3. The number of aryl methyl sites for hydroxylation is 1. The number of anilines is 1. The number of primary amides is 1. The van der Waals surface area contributed by atoms with Crippen LogP contribution in [-0.2, 0) is 4.74 Å². The van der Waals surface area contributed by atoms with Crippen LogP contribution in [0.25, 0.3) is 0 Å². The van der Waals surface area contributed by atoms with Crippen molar-refractivity contribution in [2.45, 2.75) is 20.8 Å². The van der Waals surface area contributed by atoms with E-state index < -0.39 is 17.8 Å². The van der Waals surface area contributed by atoms with E-state index >= 15 is 0 Å². The van der Waals surface area contributed by atoms with Crippen molar-refractivity contribution in [2.24, 2.45) is 5.73 Å². The number of aromatic nitrogens is 1. The van der Waals surface area contributed by atoms with E-state index in [1.807, 2.05) is 0 Å². The molecule has 0 spiro atoms. The van der Waals surface area contributed by atoms with Crippen molar-refractivity contribution in [2.75, 3.05) is 11.9 Å². The first-order valence-corrected chi connectivity index (χ1v) is 7.43. The van der Waals surface area contributed by atoms with Crippen LogP contribution in [0.15, 0.2) is 24.3 Å². The van der Waals surface area contributed by atoms with E-state index in [0.717, 1.165) is 0 Å². The molecule has 0 bridgehead atoms. The summed E-state index contributed by atoms with van der Waals surface area (Å²) in [6.07, 6.45) is 0. The number of H-pyrrole nitrogens is 1. The maximum absolute atomic E-state index is 12.6. The highest BCUT2D eigenvalue weighted by atomic mass is 16.5. The highest BCUT2D eigenvalue weighted by Crippen LogP contribution is 2.22. The normalized spacial score (nSPS) is 10.3. The zero-order valence-corrected chi connectivity index (χ0v) is 13.7. The van der Waals surface area contributed by atoms with Gasteiger partial charge in [0, 0.05) is 5.69 Å². The van der Waals surface area contributed by atoms with Gasteiger partial charge in [0.2, 0.25) is 0 Å². The zero-order chi connectivity index (χ0) is 17.9. The topological polar surface area (TPSA) is 114 Å². The van der Waals surface area contributed by atoms with Crippen LogP contribution in [0.3, 0.4) is 0 Å². The van der Waals surface area contributed by atoms with Crippen molar-refractivity contribution in [1.82, 2.24) is 4.98 Å². The van der Waals surface area contributed by atoms with E-state index in [0.29, 0.717) is 22.5 Å². The molecule has 0 saturated carbocycles. The highest BCUT2D eigenvalue weighted by molar-refractivity contribution is 6.11. The van der Waals surface area contributed by atoms with Crippen LogP contribution < -0.4 is 11.1 Å². The summed E-state index contributed by atoms with van der Waals surface area (Å²) in [5.74, 6) is -1.60. The van der Waals surface area contributed by atoms with Crippen molar-refractivity contribution < 1.29 is 19.1 Å². The average Bonchev–Trinajstić information content (AvgIpc) is 2.82. The monoisotopic (exact) mass is 329 g/mol. The lowest BCUT2D eigenvalue weighted by Crippen LogP contribution is -2.19. The lowest BCUT2D eigenvalue weighted by molar-refractivity contribution is 0.0519. The van der Waals surface area contributed by atoms with Crippen molar-refractivity contribution in [3.63, 3.8) is 0 Å². The number of nitrogens with one attached hydrogen (secondary N) is 2. The van der Waals surface area contributed by atoms with Gasteiger partial charge in [-0.3, -0.25) is 9.59 Å². The number of esters is 1. The Morgan fingerprint density at radius 2 is 1.88 bits per heavy atom. The average molecular weight is 329 g/mol. The van der Waals surface area contributed by atoms with Crippen LogP contribution >= 0.6 is 0 Å². The molecule has 0 aliphatic heterocycles. The van der Waals surface area contributed by atoms with E-state index in [-0.39, 0.29) is 17.9 Å². The Morgan fingerprint density at radius 3 is 2.50 bits per heavy atom. The molecular formula is C17H19N3O4. The summed E-state index contributed by atoms with van der Waals surface area (Å²) in [4.78, 5) is 38.8. The number of carbonyl (C=O) groups is 3. The van der Waals surface area contributed by atoms with Crippen molar-refractivity contribution in [1.29, 1.82) is 0 Å². The first-order valence-electron chi connectivity index (χ1n) is 7.43. The molecule has 1 aromatic heterocycles. The number of carbonyl (C=O) groups excluding carboxylic acids is 3. The van der Waals surface area contributed by atoms with Gasteiger partial charge in [0.1, 0.15) is 5.69 Å². The highest BCUT2D eigenvalue weighted by Gasteiger charge is 2.23. The first-order chi connectivity index (χ1) is 11.4. The molecule has 0 radical (unpaired) electrons. The minimum atomic E-state index is -0.638. The van der Waals surface area contributed by atoms with Crippen LogP contribution in [-0.4, -0.2) is 29.4 Å². The Bertz CT molecular complexity index is 808. The molecule has 0 atom stereocenters. The maximum atomic E-state index is 12.6. The van der Waals surface area contributed by atoms with E-state index in [2.05, 4.69) is 10.3 Å². The molecule has 0 aliphatic carbocycles. The molecule has 7 heteroatoms. The predicted octanol–water partition coefficient (Wildman–Crippen LogP) is 2.16. The fourth-order valence-corrected chi connectivity index (χ4v) is 2.49. The molecular weight excluding hydrogens is 310 g/mol. The van der Waals surface area contributed by atoms with Crippen LogP contribution in [0.5, 0.6) is 0 Å². The zero-order valence-electron chi connectivity index (χ0n) is 13.7. The van der Waals surface area contributed by atoms with E-state index in [4.69, 9.17) is 10.5 Å². The van der Waals surface area contributed by atoms with Gasteiger partial charge in [-0.25, -0.2) is 4.79 Å². The summed E-state index contributed by atoms with van der Waals surface area (Å²) in [6, 6.07) is 6.45. The second-order valence-corrected chi connectivity index (χ2v) is 5.21. The molecule has 2 rings (SSSR count). The molecule has 0 fully saturated rings. The molecule has 2 amide bonds. The Labute approximate surface area is 139 Å². The minimum Gasteiger partial charge on any atom is -0.461 e.